The van der Waals surface area contributed by atoms with E-state index in [2.05, 4.69) is 12.1 Å². The van der Waals surface area contributed by atoms with Crippen molar-refractivity contribution in [2.24, 2.45) is 0 Å². The largest absolute Gasteiger partial charge is 0.289 e. The van der Waals surface area contributed by atoms with Crippen molar-refractivity contribution >= 4 is 17.4 Å². The second kappa shape index (κ2) is 6.59. The lowest BCUT2D eigenvalue weighted by Gasteiger charge is -2.06. The van der Waals surface area contributed by atoms with Crippen molar-refractivity contribution in [2.75, 3.05) is 0 Å². The van der Waals surface area contributed by atoms with Crippen molar-refractivity contribution in [1.29, 1.82) is 0 Å². The van der Waals surface area contributed by atoms with Crippen molar-refractivity contribution in [2.45, 2.75) is 6.42 Å². The fourth-order valence-corrected chi connectivity index (χ4v) is 2.63. The summed E-state index contributed by atoms with van der Waals surface area (Å²) in [6, 6.07) is 25.1. The van der Waals surface area contributed by atoms with E-state index in [-0.39, 0.29) is 5.78 Å². The Morgan fingerprint density at radius 1 is 0.727 bits per heavy atom. The Hall–Kier alpha value is -2.38. The van der Waals surface area contributed by atoms with E-state index in [0.717, 1.165) is 6.42 Å². The van der Waals surface area contributed by atoms with Gasteiger partial charge in [-0.2, -0.15) is 0 Å². The minimum Gasteiger partial charge on any atom is -0.289 e. The maximum atomic E-state index is 12.5. The molecule has 0 radical (unpaired) electrons. The molecule has 0 unspecified atom stereocenters. The van der Waals surface area contributed by atoms with Crippen LogP contribution < -0.4 is 0 Å². The molecule has 0 bridgehead atoms. The lowest BCUT2D eigenvalue weighted by atomic mass is 9.99. The average Bonchev–Trinajstić information content (AvgIpc) is 2.56. The molecule has 0 amide bonds. The number of carbonyl (C=O) groups excluding carboxylic acids is 1. The number of halogens is 1. The van der Waals surface area contributed by atoms with Crippen LogP contribution in [-0.4, -0.2) is 5.78 Å². The number of hydrogen-bond acceptors (Lipinski definition) is 1. The third-order valence-corrected chi connectivity index (χ3v) is 3.92. The highest BCUT2D eigenvalue weighted by molar-refractivity contribution is 6.34. The Morgan fingerprint density at radius 3 is 2.00 bits per heavy atom. The first-order valence-corrected chi connectivity index (χ1v) is 7.54. The molecular weight excluding hydrogens is 292 g/mol. The third-order valence-electron chi connectivity index (χ3n) is 3.59. The number of rotatable bonds is 4. The van der Waals surface area contributed by atoms with Crippen LogP contribution in [0.4, 0.5) is 0 Å². The van der Waals surface area contributed by atoms with Crippen molar-refractivity contribution < 1.29 is 4.79 Å². The molecular formula is C20H15ClO. The zero-order chi connectivity index (χ0) is 15.4. The van der Waals surface area contributed by atoms with Gasteiger partial charge in [0.1, 0.15) is 0 Å². The molecule has 3 rings (SSSR count). The molecule has 108 valence electrons. The first-order valence-electron chi connectivity index (χ1n) is 7.16. The van der Waals surface area contributed by atoms with E-state index in [1.54, 1.807) is 12.1 Å². The number of benzene rings is 3. The summed E-state index contributed by atoms with van der Waals surface area (Å²) in [6.07, 6.45) is 0.863. The van der Waals surface area contributed by atoms with Crippen LogP contribution in [0.5, 0.6) is 0 Å². The molecule has 0 heterocycles. The van der Waals surface area contributed by atoms with Crippen LogP contribution in [0.2, 0.25) is 5.02 Å². The van der Waals surface area contributed by atoms with Crippen LogP contribution in [0.3, 0.4) is 0 Å². The molecule has 0 aromatic heterocycles. The van der Waals surface area contributed by atoms with E-state index in [0.29, 0.717) is 16.1 Å². The van der Waals surface area contributed by atoms with Gasteiger partial charge in [-0.15, -0.1) is 0 Å². The Kier molecular flexibility index (Phi) is 4.36. The van der Waals surface area contributed by atoms with Gasteiger partial charge in [-0.05, 0) is 29.7 Å². The molecule has 0 saturated carbocycles. The van der Waals surface area contributed by atoms with Crippen molar-refractivity contribution in [3.8, 4) is 0 Å². The van der Waals surface area contributed by atoms with E-state index in [9.17, 15) is 4.79 Å². The Bertz CT molecular complexity index is 776. The fraction of sp³-hybridized carbons (Fsp3) is 0.0500. The maximum Gasteiger partial charge on any atom is 0.194 e. The summed E-state index contributed by atoms with van der Waals surface area (Å²) in [7, 11) is 0. The number of ketones is 1. The van der Waals surface area contributed by atoms with Crippen molar-refractivity contribution in [3.05, 3.63) is 106 Å². The van der Waals surface area contributed by atoms with E-state index in [4.69, 9.17) is 11.6 Å². The van der Waals surface area contributed by atoms with Crippen LogP contribution in [-0.2, 0) is 6.42 Å². The maximum absolute atomic E-state index is 12.5. The van der Waals surface area contributed by atoms with Crippen LogP contribution >= 0.6 is 11.6 Å². The first kappa shape index (κ1) is 14.6. The van der Waals surface area contributed by atoms with Gasteiger partial charge in [-0.1, -0.05) is 78.3 Å². The lowest BCUT2D eigenvalue weighted by molar-refractivity contribution is 0.103. The summed E-state index contributed by atoms with van der Waals surface area (Å²) in [6.45, 7) is 0. The van der Waals surface area contributed by atoms with Gasteiger partial charge in [0, 0.05) is 11.1 Å². The minimum absolute atomic E-state index is 0.0446. The monoisotopic (exact) mass is 306 g/mol. The first-order chi connectivity index (χ1) is 10.7. The molecule has 3 aromatic carbocycles. The highest BCUT2D eigenvalue weighted by atomic mass is 35.5. The Labute approximate surface area is 135 Å². The highest BCUT2D eigenvalue weighted by Gasteiger charge is 2.12. The minimum atomic E-state index is -0.0446. The van der Waals surface area contributed by atoms with Crippen molar-refractivity contribution in [1.82, 2.24) is 0 Å². The van der Waals surface area contributed by atoms with Gasteiger partial charge < -0.3 is 0 Å². The third kappa shape index (κ3) is 3.26. The molecule has 3 aromatic rings. The van der Waals surface area contributed by atoms with E-state index in [1.807, 2.05) is 54.6 Å². The molecule has 2 heteroatoms. The van der Waals surface area contributed by atoms with Gasteiger partial charge in [0.15, 0.2) is 5.78 Å². The van der Waals surface area contributed by atoms with E-state index in [1.165, 1.54) is 11.1 Å². The molecule has 0 aliphatic heterocycles. The number of hydrogen-bond donors (Lipinski definition) is 0. The molecule has 0 fully saturated rings. The predicted octanol–water partition coefficient (Wildman–Crippen LogP) is 5.16. The molecule has 0 spiro atoms. The highest BCUT2D eigenvalue weighted by Crippen LogP contribution is 2.20. The van der Waals surface area contributed by atoms with E-state index < -0.39 is 0 Å². The van der Waals surface area contributed by atoms with Crippen LogP contribution in [0, 0.1) is 0 Å². The zero-order valence-corrected chi connectivity index (χ0v) is 12.8. The second-order valence-electron chi connectivity index (χ2n) is 5.17. The van der Waals surface area contributed by atoms with Gasteiger partial charge in [-0.3, -0.25) is 4.79 Å². The van der Waals surface area contributed by atoms with E-state index >= 15 is 0 Å². The molecule has 0 saturated heterocycles. The smallest absolute Gasteiger partial charge is 0.194 e. The summed E-state index contributed by atoms with van der Waals surface area (Å²) >= 11 is 6.09. The van der Waals surface area contributed by atoms with Crippen molar-refractivity contribution in [3.63, 3.8) is 0 Å². The summed E-state index contributed by atoms with van der Waals surface area (Å²) in [5.41, 5.74) is 3.64. The fourth-order valence-electron chi connectivity index (χ4n) is 2.41. The normalized spacial score (nSPS) is 10.4. The SMILES string of the molecule is O=C(c1ccc(Cc2ccccc2)cc1)c1ccccc1Cl. The van der Waals surface area contributed by atoms with Gasteiger partial charge in [0.2, 0.25) is 0 Å². The predicted molar refractivity (Wildman–Crippen MR) is 90.6 cm³/mol. The summed E-state index contributed by atoms with van der Waals surface area (Å²) in [5.74, 6) is -0.0446. The van der Waals surface area contributed by atoms with Crippen LogP contribution in [0.1, 0.15) is 27.0 Å². The molecule has 0 atom stereocenters. The topological polar surface area (TPSA) is 17.1 Å². The van der Waals surface area contributed by atoms with Crippen LogP contribution in [0.15, 0.2) is 78.9 Å². The molecule has 1 nitrogen and oxygen atoms in total. The Morgan fingerprint density at radius 2 is 1.32 bits per heavy atom. The standard InChI is InChI=1S/C20H15ClO/c21-19-9-5-4-8-18(19)20(22)17-12-10-16(11-13-17)14-15-6-2-1-3-7-15/h1-13H,14H2. The molecule has 0 N–H and O–H groups in total. The quantitative estimate of drug-likeness (QED) is 0.608. The summed E-state index contributed by atoms with van der Waals surface area (Å²) in [5, 5.41) is 0.487. The molecule has 0 aliphatic rings. The van der Waals surface area contributed by atoms with Gasteiger partial charge in [-0.25, -0.2) is 0 Å². The zero-order valence-electron chi connectivity index (χ0n) is 12.0. The second-order valence-corrected chi connectivity index (χ2v) is 5.58. The van der Waals surface area contributed by atoms with Gasteiger partial charge >= 0.3 is 0 Å². The number of carbonyl (C=O) groups is 1. The van der Waals surface area contributed by atoms with Gasteiger partial charge in [0.25, 0.3) is 0 Å². The summed E-state index contributed by atoms with van der Waals surface area (Å²) < 4.78 is 0. The molecule has 22 heavy (non-hydrogen) atoms. The lowest BCUT2D eigenvalue weighted by Crippen LogP contribution is -2.02. The Balaban J connectivity index is 1.80. The van der Waals surface area contributed by atoms with Crippen LogP contribution in [0.25, 0.3) is 0 Å². The summed E-state index contributed by atoms with van der Waals surface area (Å²) in [4.78, 5) is 12.5. The van der Waals surface area contributed by atoms with Gasteiger partial charge in [0.05, 0.1) is 5.02 Å². The average molecular weight is 307 g/mol. The molecule has 0 aliphatic carbocycles.